The number of aryl methyl sites for hydroxylation is 1. The average molecular weight is 306 g/mol. The van der Waals surface area contributed by atoms with Crippen molar-refractivity contribution < 1.29 is 8.78 Å². The predicted molar refractivity (Wildman–Crippen MR) is 62.0 cm³/mol. The first kappa shape index (κ1) is 11.4. The molecular formula is C9H6BrF2N3S. The van der Waals surface area contributed by atoms with Crippen LogP contribution in [0.4, 0.5) is 19.6 Å². The van der Waals surface area contributed by atoms with Crippen LogP contribution in [0.25, 0.3) is 0 Å². The van der Waals surface area contributed by atoms with Crippen molar-refractivity contribution in [2.45, 2.75) is 6.92 Å². The third-order valence-corrected chi connectivity index (χ3v) is 3.16. The number of rotatable bonds is 2. The molecule has 1 heterocycles. The summed E-state index contributed by atoms with van der Waals surface area (Å²) in [7, 11) is 0. The molecule has 0 aliphatic heterocycles. The maximum Gasteiger partial charge on any atom is 0.210 e. The fourth-order valence-electron chi connectivity index (χ4n) is 1.11. The molecule has 0 unspecified atom stereocenters. The van der Waals surface area contributed by atoms with Gasteiger partial charge in [-0.2, -0.15) is 0 Å². The molecule has 2 aromatic rings. The highest BCUT2D eigenvalue weighted by atomic mass is 79.9. The van der Waals surface area contributed by atoms with Crippen molar-refractivity contribution in [3.63, 3.8) is 0 Å². The molecule has 0 aliphatic carbocycles. The van der Waals surface area contributed by atoms with Gasteiger partial charge < -0.3 is 5.32 Å². The Morgan fingerprint density at radius 1 is 1.25 bits per heavy atom. The monoisotopic (exact) mass is 305 g/mol. The van der Waals surface area contributed by atoms with Crippen molar-refractivity contribution in [3.8, 4) is 0 Å². The topological polar surface area (TPSA) is 37.8 Å². The number of nitrogens with one attached hydrogen (secondary N) is 1. The summed E-state index contributed by atoms with van der Waals surface area (Å²) >= 11 is 4.32. The highest BCUT2D eigenvalue weighted by molar-refractivity contribution is 9.11. The molecule has 0 aliphatic rings. The summed E-state index contributed by atoms with van der Waals surface area (Å²) < 4.78 is 27.2. The van der Waals surface area contributed by atoms with E-state index in [1.807, 2.05) is 0 Å². The van der Waals surface area contributed by atoms with Crippen molar-refractivity contribution in [2.24, 2.45) is 0 Å². The first-order valence-electron chi connectivity index (χ1n) is 4.28. The van der Waals surface area contributed by atoms with Gasteiger partial charge in [0.05, 0.1) is 5.69 Å². The van der Waals surface area contributed by atoms with Gasteiger partial charge in [-0.15, -0.1) is 10.2 Å². The van der Waals surface area contributed by atoms with Crippen LogP contribution >= 0.6 is 27.3 Å². The second-order valence-electron chi connectivity index (χ2n) is 3.07. The molecule has 0 bridgehead atoms. The van der Waals surface area contributed by atoms with Crippen molar-refractivity contribution in [1.82, 2.24) is 10.2 Å². The van der Waals surface area contributed by atoms with Gasteiger partial charge in [0, 0.05) is 6.07 Å². The summed E-state index contributed by atoms with van der Waals surface area (Å²) in [5.41, 5.74) is 0.313. The van der Waals surface area contributed by atoms with Crippen molar-refractivity contribution in [2.75, 3.05) is 5.32 Å². The Morgan fingerprint density at radius 3 is 2.62 bits per heavy atom. The van der Waals surface area contributed by atoms with E-state index in [0.29, 0.717) is 9.05 Å². The van der Waals surface area contributed by atoms with E-state index in [4.69, 9.17) is 0 Å². The van der Waals surface area contributed by atoms with E-state index in [0.717, 1.165) is 12.1 Å². The Morgan fingerprint density at radius 2 is 2.00 bits per heavy atom. The van der Waals surface area contributed by atoms with Gasteiger partial charge in [-0.1, -0.05) is 11.3 Å². The zero-order valence-electron chi connectivity index (χ0n) is 8.09. The number of halogens is 3. The van der Waals surface area contributed by atoms with Crippen LogP contribution in [0, 0.1) is 18.6 Å². The fourth-order valence-corrected chi connectivity index (χ4v) is 2.14. The molecule has 84 valence electrons. The van der Waals surface area contributed by atoms with Crippen LogP contribution in [0.15, 0.2) is 16.0 Å². The van der Waals surface area contributed by atoms with E-state index < -0.39 is 11.6 Å². The molecule has 0 radical (unpaired) electrons. The quantitative estimate of drug-likeness (QED) is 0.920. The highest BCUT2D eigenvalue weighted by Gasteiger charge is 2.09. The van der Waals surface area contributed by atoms with Crippen LogP contribution in [-0.2, 0) is 0 Å². The number of hydrogen-bond donors (Lipinski definition) is 1. The van der Waals surface area contributed by atoms with Gasteiger partial charge in [0.1, 0.15) is 11.6 Å². The normalized spacial score (nSPS) is 10.5. The molecule has 0 saturated carbocycles. The summed E-state index contributed by atoms with van der Waals surface area (Å²) in [6, 6.07) is 2.23. The maximum atomic E-state index is 13.4. The minimum absolute atomic E-state index is 0.0479. The molecule has 0 amide bonds. The zero-order valence-corrected chi connectivity index (χ0v) is 10.5. The van der Waals surface area contributed by atoms with E-state index in [1.165, 1.54) is 18.3 Å². The van der Waals surface area contributed by atoms with Crippen molar-refractivity contribution in [3.05, 3.63) is 33.2 Å². The predicted octanol–water partition coefficient (Wildman–Crippen LogP) is 3.63. The van der Waals surface area contributed by atoms with E-state index in [-0.39, 0.29) is 11.3 Å². The van der Waals surface area contributed by atoms with Crippen LogP contribution in [0.5, 0.6) is 0 Å². The van der Waals surface area contributed by atoms with Crippen LogP contribution < -0.4 is 5.32 Å². The van der Waals surface area contributed by atoms with Gasteiger partial charge >= 0.3 is 0 Å². The van der Waals surface area contributed by atoms with Gasteiger partial charge in [-0.05, 0) is 34.5 Å². The molecular weight excluding hydrogens is 300 g/mol. The van der Waals surface area contributed by atoms with E-state index in [1.54, 1.807) is 0 Å². The lowest BCUT2D eigenvalue weighted by Crippen LogP contribution is -1.96. The Balaban J connectivity index is 2.31. The zero-order chi connectivity index (χ0) is 11.7. The Hall–Kier alpha value is -1.08. The third-order valence-electron chi connectivity index (χ3n) is 1.89. The van der Waals surface area contributed by atoms with Gasteiger partial charge in [-0.25, -0.2) is 8.78 Å². The van der Waals surface area contributed by atoms with Crippen molar-refractivity contribution in [1.29, 1.82) is 0 Å². The smallest absolute Gasteiger partial charge is 0.210 e. The molecule has 1 aromatic heterocycles. The minimum atomic E-state index is -0.523. The largest absolute Gasteiger partial charge is 0.328 e. The molecule has 2 rings (SSSR count). The molecule has 0 fully saturated rings. The summed E-state index contributed by atoms with van der Waals surface area (Å²) in [5.74, 6) is -0.988. The van der Waals surface area contributed by atoms with Gasteiger partial charge in [0.15, 0.2) is 3.92 Å². The van der Waals surface area contributed by atoms with E-state index in [9.17, 15) is 8.78 Å². The summed E-state index contributed by atoms with van der Waals surface area (Å²) in [5, 5.41) is 10.5. The van der Waals surface area contributed by atoms with E-state index in [2.05, 4.69) is 31.4 Å². The molecule has 0 atom stereocenters. The lowest BCUT2D eigenvalue weighted by Gasteiger charge is -2.05. The summed E-state index contributed by atoms with van der Waals surface area (Å²) in [6.07, 6.45) is 0. The number of anilines is 2. The first-order chi connectivity index (χ1) is 7.56. The van der Waals surface area contributed by atoms with Gasteiger partial charge in [-0.3, -0.25) is 0 Å². The van der Waals surface area contributed by atoms with Crippen LogP contribution in [0.2, 0.25) is 0 Å². The number of benzene rings is 1. The molecule has 3 nitrogen and oxygen atoms in total. The highest BCUT2D eigenvalue weighted by Crippen LogP contribution is 2.26. The second kappa shape index (κ2) is 4.42. The minimum Gasteiger partial charge on any atom is -0.328 e. The molecule has 16 heavy (non-hydrogen) atoms. The van der Waals surface area contributed by atoms with Crippen molar-refractivity contribution >= 4 is 38.1 Å². The lowest BCUT2D eigenvalue weighted by atomic mass is 10.2. The number of hydrogen-bond acceptors (Lipinski definition) is 4. The van der Waals surface area contributed by atoms with Crippen LogP contribution in [-0.4, -0.2) is 10.2 Å². The van der Waals surface area contributed by atoms with Gasteiger partial charge in [0.2, 0.25) is 5.13 Å². The van der Waals surface area contributed by atoms with Gasteiger partial charge in [0.25, 0.3) is 0 Å². The summed E-state index contributed by atoms with van der Waals surface area (Å²) in [6.45, 7) is 1.50. The third kappa shape index (κ3) is 2.35. The average Bonchev–Trinajstić information content (AvgIpc) is 2.60. The number of nitrogens with zero attached hydrogens (tertiary/aromatic N) is 2. The first-order valence-corrected chi connectivity index (χ1v) is 5.89. The second-order valence-corrected chi connectivity index (χ2v) is 5.32. The molecule has 1 aromatic carbocycles. The Bertz CT molecular complexity index is 529. The molecule has 1 N–H and O–H groups in total. The summed E-state index contributed by atoms with van der Waals surface area (Å²) in [4.78, 5) is 0. The maximum absolute atomic E-state index is 13.4. The molecule has 7 heteroatoms. The molecule has 0 saturated heterocycles. The Labute approximate surface area is 103 Å². The van der Waals surface area contributed by atoms with Crippen LogP contribution in [0.3, 0.4) is 0 Å². The standard InChI is InChI=1S/C9H6BrF2N3S/c1-4-2-6(12)7(3-5(4)11)13-9-15-14-8(10)16-9/h2-3H,1H3,(H,13,15). The Kier molecular flexibility index (Phi) is 3.15. The molecule has 0 spiro atoms. The fraction of sp³-hybridized carbons (Fsp3) is 0.111. The lowest BCUT2D eigenvalue weighted by molar-refractivity contribution is 0.595. The van der Waals surface area contributed by atoms with E-state index >= 15 is 0 Å². The SMILES string of the molecule is Cc1cc(F)c(Nc2nnc(Br)s2)cc1F. The van der Waals surface area contributed by atoms with Crippen LogP contribution in [0.1, 0.15) is 5.56 Å². The number of aromatic nitrogens is 2.